The number of nitrogens with one attached hydrogen (secondary N) is 2. The summed E-state index contributed by atoms with van der Waals surface area (Å²) in [5, 5.41) is 15.1. The SMILES string of the molecule is O=C(NCc1ccc(Cl)cc1)N[C@H]1CC[C@@H](C(=O)O)C1. The van der Waals surface area contributed by atoms with Gasteiger partial charge in [-0.05, 0) is 37.0 Å². The van der Waals surface area contributed by atoms with E-state index >= 15 is 0 Å². The van der Waals surface area contributed by atoms with Crippen LogP contribution in [0.25, 0.3) is 0 Å². The van der Waals surface area contributed by atoms with Gasteiger partial charge in [0.1, 0.15) is 0 Å². The van der Waals surface area contributed by atoms with Gasteiger partial charge in [0.2, 0.25) is 0 Å². The summed E-state index contributed by atoms with van der Waals surface area (Å²) in [5.74, 6) is -1.12. The Kier molecular flexibility index (Phi) is 4.84. The third-order valence-corrected chi connectivity index (χ3v) is 3.74. The summed E-state index contributed by atoms with van der Waals surface area (Å²) >= 11 is 5.78. The number of carbonyl (C=O) groups excluding carboxylic acids is 1. The van der Waals surface area contributed by atoms with Crippen LogP contribution in [0.1, 0.15) is 24.8 Å². The fourth-order valence-corrected chi connectivity index (χ4v) is 2.48. The average Bonchev–Trinajstić information content (AvgIpc) is 2.87. The first-order chi connectivity index (χ1) is 9.54. The number of carboxylic acids is 1. The highest BCUT2D eigenvalue weighted by Gasteiger charge is 2.30. The van der Waals surface area contributed by atoms with Crippen molar-refractivity contribution in [3.63, 3.8) is 0 Å². The highest BCUT2D eigenvalue weighted by Crippen LogP contribution is 2.25. The molecule has 0 spiro atoms. The Hall–Kier alpha value is -1.75. The van der Waals surface area contributed by atoms with E-state index in [4.69, 9.17) is 16.7 Å². The molecular weight excluding hydrogens is 280 g/mol. The van der Waals surface area contributed by atoms with Gasteiger partial charge in [-0.3, -0.25) is 4.79 Å². The Morgan fingerprint density at radius 2 is 1.95 bits per heavy atom. The minimum Gasteiger partial charge on any atom is -0.481 e. The molecular formula is C14H17ClN2O3. The number of amides is 2. The predicted molar refractivity (Wildman–Crippen MR) is 75.6 cm³/mol. The van der Waals surface area contributed by atoms with Crippen LogP contribution in [0.5, 0.6) is 0 Å². The number of hydrogen-bond donors (Lipinski definition) is 3. The number of halogens is 1. The highest BCUT2D eigenvalue weighted by atomic mass is 35.5. The number of aliphatic carboxylic acids is 1. The summed E-state index contributed by atoms with van der Waals surface area (Å²) in [6.07, 6.45) is 1.84. The molecule has 1 aliphatic rings. The normalized spacial score (nSPS) is 21.4. The second kappa shape index (κ2) is 6.61. The number of carboxylic acid groups (broad SMARTS) is 1. The van der Waals surface area contributed by atoms with Gasteiger partial charge in [-0.1, -0.05) is 23.7 Å². The van der Waals surface area contributed by atoms with Crippen LogP contribution in [-0.4, -0.2) is 23.1 Å². The molecule has 3 N–H and O–H groups in total. The van der Waals surface area contributed by atoms with Gasteiger partial charge in [0.15, 0.2) is 0 Å². The molecule has 0 heterocycles. The van der Waals surface area contributed by atoms with Crippen molar-refractivity contribution in [3.05, 3.63) is 34.9 Å². The van der Waals surface area contributed by atoms with Gasteiger partial charge in [0, 0.05) is 17.6 Å². The Morgan fingerprint density at radius 3 is 2.55 bits per heavy atom. The summed E-state index contributed by atoms with van der Waals surface area (Å²) in [6.45, 7) is 0.415. The maximum Gasteiger partial charge on any atom is 0.315 e. The van der Waals surface area contributed by atoms with E-state index in [0.717, 1.165) is 5.56 Å². The quantitative estimate of drug-likeness (QED) is 0.798. The number of carbonyl (C=O) groups is 2. The van der Waals surface area contributed by atoms with Crippen molar-refractivity contribution >= 4 is 23.6 Å². The molecule has 2 atom stereocenters. The molecule has 6 heteroatoms. The zero-order valence-corrected chi connectivity index (χ0v) is 11.7. The maximum atomic E-state index is 11.7. The number of hydrogen-bond acceptors (Lipinski definition) is 2. The van der Waals surface area contributed by atoms with Crippen LogP contribution < -0.4 is 10.6 Å². The number of urea groups is 1. The second-order valence-corrected chi connectivity index (χ2v) is 5.44. The minimum atomic E-state index is -0.782. The van der Waals surface area contributed by atoms with E-state index in [-0.39, 0.29) is 18.0 Å². The first-order valence-corrected chi connectivity index (χ1v) is 6.94. The monoisotopic (exact) mass is 296 g/mol. The molecule has 108 valence electrons. The molecule has 20 heavy (non-hydrogen) atoms. The van der Waals surface area contributed by atoms with Gasteiger partial charge < -0.3 is 15.7 Å². The molecule has 2 rings (SSSR count). The Morgan fingerprint density at radius 1 is 1.25 bits per heavy atom. The maximum absolute atomic E-state index is 11.7. The van der Waals surface area contributed by atoms with Gasteiger partial charge in [-0.2, -0.15) is 0 Å². The Bertz CT molecular complexity index is 490. The van der Waals surface area contributed by atoms with Crippen molar-refractivity contribution in [3.8, 4) is 0 Å². The molecule has 1 saturated carbocycles. The lowest BCUT2D eigenvalue weighted by atomic mass is 10.1. The zero-order valence-electron chi connectivity index (χ0n) is 10.9. The molecule has 2 amide bonds. The van der Waals surface area contributed by atoms with E-state index in [1.54, 1.807) is 12.1 Å². The molecule has 1 aromatic rings. The van der Waals surface area contributed by atoms with Gasteiger partial charge in [0.25, 0.3) is 0 Å². The summed E-state index contributed by atoms with van der Waals surface area (Å²) in [4.78, 5) is 22.6. The van der Waals surface area contributed by atoms with E-state index in [9.17, 15) is 9.59 Å². The lowest BCUT2D eigenvalue weighted by molar-refractivity contribution is -0.141. The Balaban J connectivity index is 1.73. The van der Waals surface area contributed by atoms with E-state index in [1.807, 2.05) is 12.1 Å². The highest BCUT2D eigenvalue weighted by molar-refractivity contribution is 6.30. The van der Waals surface area contributed by atoms with Gasteiger partial charge >= 0.3 is 12.0 Å². The molecule has 0 saturated heterocycles. The van der Waals surface area contributed by atoms with Crippen LogP contribution in [0.3, 0.4) is 0 Å². The first kappa shape index (κ1) is 14.7. The lowest BCUT2D eigenvalue weighted by Crippen LogP contribution is -2.40. The second-order valence-electron chi connectivity index (χ2n) is 5.00. The topological polar surface area (TPSA) is 78.4 Å². The van der Waals surface area contributed by atoms with Crippen molar-refractivity contribution in [2.24, 2.45) is 5.92 Å². The van der Waals surface area contributed by atoms with Crippen LogP contribution in [0.4, 0.5) is 4.79 Å². The molecule has 0 aromatic heterocycles. The lowest BCUT2D eigenvalue weighted by Gasteiger charge is -2.13. The largest absolute Gasteiger partial charge is 0.481 e. The number of benzene rings is 1. The van der Waals surface area contributed by atoms with Crippen LogP contribution in [0.2, 0.25) is 5.02 Å². The smallest absolute Gasteiger partial charge is 0.315 e. The van der Waals surface area contributed by atoms with Gasteiger partial charge in [-0.25, -0.2) is 4.79 Å². The van der Waals surface area contributed by atoms with E-state index in [1.165, 1.54) is 0 Å². The van der Waals surface area contributed by atoms with E-state index in [0.29, 0.717) is 30.8 Å². The summed E-state index contributed by atoms with van der Waals surface area (Å²) in [6, 6.07) is 6.91. The molecule has 5 nitrogen and oxygen atoms in total. The van der Waals surface area contributed by atoms with Crippen molar-refractivity contribution in [2.45, 2.75) is 31.8 Å². The molecule has 0 aliphatic heterocycles. The minimum absolute atomic E-state index is 0.0543. The third kappa shape index (κ3) is 4.13. The van der Waals surface area contributed by atoms with Crippen molar-refractivity contribution in [1.29, 1.82) is 0 Å². The molecule has 1 aliphatic carbocycles. The summed E-state index contributed by atoms with van der Waals surface area (Å²) < 4.78 is 0. The van der Waals surface area contributed by atoms with Crippen molar-refractivity contribution < 1.29 is 14.7 Å². The predicted octanol–water partition coefficient (Wildman–Crippen LogP) is 2.39. The van der Waals surface area contributed by atoms with E-state index < -0.39 is 5.97 Å². The summed E-state index contributed by atoms with van der Waals surface area (Å²) in [5.41, 5.74) is 0.958. The standard InChI is InChI=1S/C14H17ClN2O3/c15-11-4-1-9(2-5-11)8-16-14(20)17-12-6-3-10(7-12)13(18)19/h1-2,4-5,10,12H,3,6-8H2,(H,18,19)(H2,16,17,20)/t10-,12+/m1/s1. The van der Waals surface area contributed by atoms with Crippen LogP contribution in [0, 0.1) is 5.92 Å². The van der Waals surface area contributed by atoms with Gasteiger partial charge in [-0.15, -0.1) is 0 Å². The fourth-order valence-electron chi connectivity index (χ4n) is 2.36. The molecule has 0 bridgehead atoms. The Labute approximate surface area is 122 Å². The molecule has 1 aromatic carbocycles. The van der Waals surface area contributed by atoms with Crippen molar-refractivity contribution in [2.75, 3.05) is 0 Å². The zero-order chi connectivity index (χ0) is 14.5. The molecule has 0 unspecified atom stereocenters. The van der Waals surface area contributed by atoms with Gasteiger partial charge in [0.05, 0.1) is 5.92 Å². The van der Waals surface area contributed by atoms with Crippen LogP contribution in [-0.2, 0) is 11.3 Å². The molecule has 1 fully saturated rings. The van der Waals surface area contributed by atoms with E-state index in [2.05, 4.69) is 10.6 Å². The first-order valence-electron chi connectivity index (χ1n) is 6.56. The third-order valence-electron chi connectivity index (χ3n) is 3.48. The summed E-state index contributed by atoms with van der Waals surface area (Å²) in [7, 11) is 0. The molecule has 0 radical (unpaired) electrons. The fraction of sp³-hybridized carbons (Fsp3) is 0.429. The average molecular weight is 297 g/mol. The van der Waals surface area contributed by atoms with Crippen LogP contribution >= 0.6 is 11.6 Å². The number of rotatable bonds is 4. The van der Waals surface area contributed by atoms with Crippen molar-refractivity contribution in [1.82, 2.24) is 10.6 Å². The van der Waals surface area contributed by atoms with Crippen LogP contribution in [0.15, 0.2) is 24.3 Å².